The number of nitrogens with zero attached hydrogens (tertiary/aromatic N) is 1. The predicted molar refractivity (Wildman–Crippen MR) is 118 cm³/mol. The fourth-order valence-electron chi connectivity index (χ4n) is 5.03. The van der Waals surface area contributed by atoms with Crippen LogP contribution in [0.3, 0.4) is 0 Å². The lowest BCUT2D eigenvalue weighted by Crippen LogP contribution is -2.33. The van der Waals surface area contributed by atoms with E-state index in [0.29, 0.717) is 13.1 Å². The standard InChI is InChI=1S/C25H28N2O3/c1-29-22-14-16-10-12-27(13-11-17(16)15-23(22)30-2)25(28)20-8-5-7-19-18-6-3-4-9-21(18)26-24(19)20/h5,7-8,14-15,26H,3-4,6,9-13H2,1-2H3. The van der Waals surface area contributed by atoms with Gasteiger partial charge < -0.3 is 19.4 Å². The number of aryl methyl sites for hydroxylation is 2. The number of nitrogens with one attached hydrogen (secondary N) is 1. The van der Waals surface area contributed by atoms with E-state index in [2.05, 4.69) is 23.2 Å². The molecule has 2 aromatic carbocycles. The van der Waals surface area contributed by atoms with Crippen LogP contribution in [0.15, 0.2) is 30.3 Å². The van der Waals surface area contributed by atoms with Crippen molar-refractivity contribution in [3.63, 3.8) is 0 Å². The van der Waals surface area contributed by atoms with E-state index in [0.717, 1.165) is 48.3 Å². The van der Waals surface area contributed by atoms with Gasteiger partial charge in [-0.05, 0) is 73.4 Å². The molecule has 2 heterocycles. The van der Waals surface area contributed by atoms with Crippen LogP contribution < -0.4 is 9.47 Å². The summed E-state index contributed by atoms with van der Waals surface area (Å²) < 4.78 is 10.9. The van der Waals surface area contributed by atoms with Crippen LogP contribution in [-0.2, 0) is 25.7 Å². The lowest BCUT2D eigenvalue weighted by atomic mass is 9.95. The molecule has 0 radical (unpaired) electrons. The van der Waals surface area contributed by atoms with E-state index in [-0.39, 0.29) is 5.91 Å². The first-order chi connectivity index (χ1) is 14.7. The van der Waals surface area contributed by atoms with Gasteiger partial charge in [0, 0.05) is 24.2 Å². The van der Waals surface area contributed by atoms with Crippen LogP contribution in [0.4, 0.5) is 0 Å². The number of fused-ring (bicyclic) bond motifs is 4. The van der Waals surface area contributed by atoms with Crippen LogP contribution in [0.5, 0.6) is 11.5 Å². The van der Waals surface area contributed by atoms with E-state index in [4.69, 9.17) is 9.47 Å². The molecule has 0 fully saturated rings. The maximum atomic E-state index is 13.5. The van der Waals surface area contributed by atoms with E-state index in [1.165, 1.54) is 40.6 Å². The molecule has 1 amide bonds. The molecule has 0 unspecified atom stereocenters. The molecule has 2 aliphatic rings. The fourth-order valence-corrected chi connectivity index (χ4v) is 5.03. The number of para-hydroxylation sites is 1. The second-order valence-corrected chi connectivity index (χ2v) is 8.29. The van der Waals surface area contributed by atoms with Gasteiger partial charge in [0.25, 0.3) is 5.91 Å². The molecular weight excluding hydrogens is 376 g/mol. The molecule has 1 N–H and O–H groups in total. The number of carbonyl (C=O) groups is 1. The summed E-state index contributed by atoms with van der Waals surface area (Å²) in [5.74, 6) is 1.61. The molecule has 5 heteroatoms. The van der Waals surface area contributed by atoms with E-state index in [1.54, 1.807) is 14.2 Å². The Morgan fingerprint density at radius 1 is 0.933 bits per heavy atom. The van der Waals surface area contributed by atoms with Crippen LogP contribution in [0, 0.1) is 0 Å². The summed E-state index contributed by atoms with van der Waals surface area (Å²) in [5, 5.41) is 1.23. The number of ether oxygens (including phenoxy) is 2. The third-order valence-electron chi connectivity index (χ3n) is 6.66. The second kappa shape index (κ2) is 7.71. The van der Waals surface area contributed by atoms with E-state index in [9.17, 15) is 4.79 Å². The third kappa shape index (κ3) is 3.13. The maximum absolute atomic E-state index is 13.5. The van der Waals surface area contributed by atoms with Crippen molar-refractivity contribution in [2.24, 2.45) is 0 Å². The van der Waals surface area contributed by atoms with Gasteiger partial charge in [-0.2, -0.15) is 0 Å². The molecule has 5 rings (SSSR count). The highest BCUT2D eigenvalue weighted by Gasteiger charge is 2.25. The van der Waals surface area contributed by atoms with Gasteiger partial charge in [-0.25, -0.2) is 0 Å². The van der Waals surface area contributed by atoms with Gasteiger partial charge in [-0.3, -0.25) is 4.79 Å². The number of benzene rings is 2. The number of hydrogen-bond donors (Lipinski definition) is 1. The zero-order valence-electron chi connectivity index (χ0n) is 17.7. The smallest absolute Gasteiger partial charge is 0.256 e. The van der Waals surface area contributed by atoms with Crippen LogP contribution >= 0.6 is 0 Å². The van der Waals surface area contributed by atoms with Gasteiger partial charge in [0.1, 0.15) is 0 Å². The summed E-state index contributed by atoms with van der Waals surface area (Å²) in [6, 6.07) is 10.3. The topological polar surface area (TPSA) is 54.6 Å². The number of H-pyrrole nitrogens is 1. The minimum Gasteiger partial charge on any atom is -0.493 e. The molecule has 156 valence electrons. The number of methoxy groups -OCH3 is 2. The molecular formula is C25H28N2O3. The Labute approximate surface area is 177 Å². The monoisotopic (exact) mass is 404 g/mol. The minimum atomic E-state index is 0.117. The number of amides is 1. The lowest BCUT2D eigenvalue weighted by molar-refractivity contribution is 0.0765. The third-order valence-corrected chi connectivity index (χ3v) is 6.66. The number of aromatic amines is 1. The SMILES string of the molecule is COc1cc2c(cc1OC)CCN(C(=O)c1cccc3c4c([nH]c13)CCCC4)CC2. The second-order valence-electron chi connectivity index (χ2n) is 8.29. The number of aromatic nitrogens is 1. The summed E-state index contributed by atoms with van der Waals surface area (Å²) >= 11 is 0. The highest BCUT2D eigenvalue weighted by atomic mass is 16.5. The van der Waals surface area contributed by atoms with Crippen LogP contribution in [0.2, 0.25) is 0 Å². The van der Waals surface area contributed by atoms with Crippen molar-refractivity contribution in [3.8, 4) is 11.5 Å². The van der Waals surface area contributed by atoms with Crippen molar-refractivity contribution in [1.82, 2.24) is 9.88 Å². The Kier molecular flexibility index (Phi) is 4.89. The van der Waals surface area contributed by atoms with E-state index >= 15 is 0 Å². The van der Waals surface area contributed by atoms with Gasteiger partial charge in [0.05, 0.1) is 25.3 Å². The Morgan fingerprint density at radius 3 is 2.27 bits per heavy atom. The minimum absolute atomic E-state index is 0.117. The van der Waals surface area contributed by atoms with Gasteiger partial charge in [-0.1, -0.05) is 12.1 Å². The molecule has 5 nitrogen and oxygen atoms in total. The molecule has 0 saturated heterocycles. The van der Waals surface area contributed by atoms with E-state index < -0.39 is 0 Å². The first-order valence-electron chi connectivity index (χ1n) is 10.8. The zero-order chi connectivity index (χ0) is 20.7. The zero-order valence-corrected chi connectivity index (χ0v) is 17.7. The van der Waals surface area contributed by atoms with Crippen LogP contribution in [0.25, 0.3) is 10.9 Å². The fraction of sp³-hybridized carbons (Fsp3) is 0.400. The maximum Gasteiger partial charge on any atom is 0.256 e. The number of hydrogen-bond acceptors (Lipinski definition) is 3. The van der Waals surface area contributed by atoms with Gasteiger partial charge in [0.15, 0.2) is 11.5 Å². The average Bonchev–Trinajstić information content (AvgIpc) is 3.04. The molecule has 3 aromatic rings. The molecule has 0 saturated carbocycles. The largest absolute Gasteiger partial charge is 0.493 e. The Balaban J connectivity index is 1.44. The summed E-state index contributed by atoms with van der Waals surface area (Å²) in [7, 11) is 3.32. The molecule has 0 bridgehead atoms. The summed E-state index contributed by atoms with van der Waals surface area (Å²) in [6.45, 7) is 1.41. The molecule has 1 aliphatic carbocycles. The van der Waals surface area contributed by atoms with Crippen molar-refractivity contribution < 1.29 is 14.3 Å². The molecule has 0 spiro atoms. The Hall–Kier alpha value is -2.95. The van der Waals surface area contributed by atoms with Crippen molar-refractivity contribution >= 4 is 16.8 Å². The predicted octanol–water partition coefficient (Wildman–Crippen LogP) is 4.30. The molecule has 0 atom stereocenters. The van der Waals surface area contributed by atoms with Crippen LogP contribution in [-0.4, -0.2) is 43.1 Å². The molecule has 1 aliphatic heterocycles. The first-order valence-corrected chi connectivity index (χ1v) is 10.8. The molecule has 30 heavy (non-hydrogen) atoms. The average molecular weight is 405 g/mol. The summed E-state index contributed by atoms with van der Waals surface area (Å²) in [4.78, 5) is 19.1. The van der Waals surface area contributed by atoms with Crippen LogP contribution in [0.1, 0.15) is 45.6 Å². The summed E-state index contributed by atoms with van der Waals surface area (Å²) in [5.41, 5.74) is 7.00. The van der Waals surface area contributed by atoms with Gasteiger partial charge >= 0.3 is 0 Å². The van der Waals surface area contributed by atoms with E-state index in [1.807, 2.05) is 17.0 Å². The van der Waals surface area contributed by atoms with Gasteiger partial charge in [0.2, 0.25) is 0 Å². The summed E-state index contributed by atoms with van der Waals surface area (Å²) in [6.07, 6.45) is 6.28. The number of rotatable bonds is 3. The Bertz CT molecular complexity index is 1080. The lowest BCUT2D eigenvalue weighted by Gasteiger charge is -2.20. The highest BCUT2D eigenvalue weighted by Crippen LogP contribution is 2.34. The Morgan fingerprint density at radius 2 is 1.60 bits per heavy atom. The van der Waals surface area contributed by atoms with Gasteiger partial charge in [-0.15, -0.1) is 0 Å². The quantitative estimate of drug-likeness (QED) is 0.708. The highest BCUT2D eigenvalue weighted by molar-refractivity contribution is 6.06. The van der Waals surface area contributed by atoms with Crippen molar-refractivity contribution in [1.29, 1.82) is 0 Å². The normalized spacial score (nSPS) is 16.0. The number of carbonyl (C=O) groups excluding carboxylic acids is 1. The van der Waals surface area contributed by atoms with Crippen molar-refractivity contribution in [2.45, 2.75) is 38.5 Å². The molecule has 1 aromatic heterocycles. The van der Waals surface area contributed by atoms with Crippen molar-refractivity contribution in [2.75, 3.05) is 27.3 Å². The first kappa shape index (κ1) is 19.0. The van der Waals surface area contributed by atoms with Crippen molar-refractivity contribution in [3.05, 3.63) is 58.3 Å².